The smallest absolute Gasteiger partial charge is 0.254 e. The van der Waals surface area contributed by atoms with Crippen molar-refractivity contribution in [3.8, 4) is 0 Å². The largest absolute Gasteiger partial charge is 0.377 e. The fourth-order valence-corrected chi connectivity index (χ4v) is 3.29. The Bertz CT molecular complexity index is 683. The molecule has 2 rings (SSSR count). The number of sulfone groups is 1. The molecule has 1 aliphatic rings. The molecule has 1 amide bonds. The molecule has 1 atom stereocenters. The maximum absolute atomic E-state index is 12.9. The van der Waals surface area contributed by atoms with Gasteiger partial charge in [0.25, 0.3) is 5.91 Å². The quantitative estimate of drug-likeness (QED) is 0.853. The van der Waals surface area contributed by atoms with Crippen LogP contribution in [0.1, 0.15) is 36.2 Å². The lowest BCUT2D eigenvalue weighted by atomic mass is 9.94. The second-order valence-corrected chi connectivity index (χ2v) is 8.12. The molecule has 1 aromatic carbocycles. The van der Waals surface area contributed by atoms with Crippen molar-refractivity contribution in [1.29, 1.82) is 0 Å². The van der Waals surface area contributed by atoms with Crippen LogP contribution >= 0.6 is 0 Å². The van der Waals surface area contributed by atoms with Crippen molar-refractivity contribution in [2.24, 2.45) is 0 Å². The number of morpholine rings is 1. The first kappa shape index (κ1) is 17.0. The Balaban J connectivity index is 2.44. The van der Waals surface area contributed by atoms with E-state index in [2.05, 4.69) is 0 Å². The van der Waals surface area contributed by atoms with Gasteiger partial charge in [-0.05, 0) is 38.0 Å². The number of hydrogen-bond acceptors (Lipinski definition) is 4. The van der Waals surface area contributed by atoms with Crippen molar-refractivity contribution in [2.75, 3.05) is 26.0 Å². The normalized spacial score (nSPS) is 22.6. The molecule has 0 saturated carbocycles. The molecular formula is C16H23NO4S. The van der Waals surface area contributed by atoms with Crippen molar-refractivity contribution < 1.29 is 17.9 Å². The zero-order valence-electron chi connectivity index (χ0n) is 13.5. The van der Waals surface area contributed by atoms with E-state index in [0.717, 1.165) is 18.2 Å². The highest BCUT2D eigenvalue weighted by Gasteiger charge is 2.37. The van der Waals surface area contributed by atoms with Gasteiger partial charge in [-0.1, -0.05) is 13.0 Å². The summed E-state index contributed by atoms with van der Waals surface area (Å²) in [4.78, 5) is 14.9. The van der Waals surface area contributed by atoms with Crippen LogP contribution in [0.15, 0.2) is 23.1 Å². The summed E-state index contributed by atoms with van der Waals surface area (Å²) < 4.78 is 29.0. The summed E-state index contributed by atoms with van der Waals surface area (Å²) in [5, 5.41) is 0. The third-order valence-corrected chi connectivity index (χ3v) is 5.51. The van der Waals surface area contributed by atoms with Crippen LogP contribution in [0, 0.1) is 6.92 Å². The Kier molecular flexibility index (Phi) is 4.63. The van der Waals surface area contributed by atoms with Gasteiger partial charge in [-0.2, -0.15) is 0 Å². The molecule has 6 heteroatoms. The van der Waals surface area contributed by atoms with Gasteiger partial charge in [0.2, 0.25) is 0 Å². The van der Waals surface area contributed by atoms with Gasteiger partial charge in [-0.15, -0.1) is 0 Å². The second-order valence-electron chi connectivity index (χ2n) is 6.11. The van der Waals surface area contributed by atoms with E-state index in [1.165, 1.54) is 6.07 Å². The molecule has 0 aromatic heterocycles. The number of rotatable bonds is 3. The highest BCUT2D eigenvalue weighted by molar-refractivity contribution is 7.90. The summed E-state index contributed by atoms with van der Waals surface area (Å²) in [6.45, 7) is 7.37. The van der Waals surface area contributed by atoms with Gasteiger partial charge in [-0.25, -0.2) is 8.42 Å². The minimum atomic E-state index is -3.34. The van der Waals surface area contributed by atoms with E-state index in [1.54, 1.807) is 12.1 Å². The van der Waals surface area contributed by atoms with Crippen LogP contribution in [-0.4, -0.2) is 50.8 Å². The first-order valence-corrected chi connectivity index (χ1v) is 9.28. The zero-order valence-corrected chi connectivity index (χ0v) is 14.4. The molecule has 1 heterocycles. The standard InChI is InChI=1S/C16H23NO4S/c1-5-16(3)11-21-9-8-17(16)15(18)14-10-13(22(4,19)20)7-6-12(14)2/h6-7,10H,5,8-9,11H2,1-4H3. The maximum Gasteiger partial charge on any atom is 0.254 e. The minimum absolute atomic E-state index is 0.129. The zero-order chi connectivity index (χ0) is 16.5. The summed E-state index contributed by atoms with van der Waals surface area (Å²) in [6, 6.07) is 4.71. The first-order chi connectivity index (χ1) is 10.2. The minimum Gasteiger partial charge on any atom is -0.377 e. The van der Waals surface area contributed by atoms with Crippen LogP contribution in [-0.2, 0) is 14.6 Å². The first-order valence-electron chi connectivity index (χ1n) is 7.39. The van der Waals surface area contributed by atoms with Crippen molar-refractivity contribution in [3.63, 3.8) is 0 Å². The Morgan fingerprint density at radius 1 is 1.41 bits per heavy atom. The molecule has 0 N–H and O–H groups in total. The lowest BCUT2D eigenvalue weighted by molar-refractivity contribution is -0.0466. The molecule has 1 aliphatic heterocycles. The van der Waals surface area contributed by atoms with E-state index in [-0.39, 0.29) is 16.3 Å². The summed E-state index contributed by atoms with van der Waals surface area (Å²) in [6.07, 6.45) is 1.93. The SMILES string of the molecule is CCC1(C)COCCN1C(=O)c1cc(S(C)(=O)=O)ccc1C. The molecular weight excluding hydrogens is 302 g/mol. The second kappa shape index (κ2) is 6.01. The Morgan fingerprint density at radius 3 is 2.68 bits per heavy atom. The van der Waals surface area contributed by atoms with E-state index in [9.17, 15) is 13.2 Å². The van der Waals surface area contributed by atoms with Gasteiger partial charge in [-0.3, -0.25) is 4.79 Å². The highest BCUT2D eigenvalue weighted by Crippen LogP contribution is 2.27. The topological polar surface area (TPSA) is 63.7 Å². The Hall–Kier alpha value is -1.40. The van der Waals surface area contributed by atoms with E-state index in [0.29, 0.717) is 25.3 Å². The van der Waals surface area contributed by atoms with Crippen LogP contribution in [0.5, 0.6) is 0 Å². The monoisotopic (exact) mass is 325 g/mol. The van der Waals surface area contributed by atoms with Crippen molar-refractivity contribution in [1.82, 2.24) is 4.90 Å². The summed E-state index contributed by atoms with van der Waals surface area (Å²) >= 11 is 0. The predicted molar refractivity (Wildman–Crippen MR) is 84.8 cm³/mol. The average Bonchev–Trinajstić information content (AvgIpc) is 2.46. The van der Waals surface area contributed by atoms with Gasteiger partial charge in [0, 0.05) is 18.4 Å². The van der Waals surface area contributed by atoms with Crippen molar-refractivity contribution in [2.45, 2.75) is 37.6 Å². The van der Waals surface area contributed by atoms with Gasteiger partial charge < -0.3 is 9.64 Å². The number of hydrogen-bond donors (Lipinski definition) is 0. The third kappa shape index (κ3) is 3.17. The van der Waals surface area contributed by atoms with Crippen LogP contribution < -0.4 is 0 Å². The fourth-order valence-electron chi connectivity index (χ4n) is 2.64. The average molecular weight is 325 g/mol. The van der Waals surface area contributed by atoms with Crippen LogP contribution in [0.4, 0.5) is 0 Å². The van der Waals surface area contributed by atoms with Crippen molar-refractivity contribution in [3.05, 3.63) is 29.3 Å². The molecule has 1 fully saturated rings. The van der Waals surface area contributed by atoms with E-state index in [4.69, 9.17) is 4.74 Å². The molecule has 22 heavy (non-hydrogen) atoms. The number of nitrogens with zero attached hydrogens (tertiary/aromatic N) is 1. The lowest BCUT2D eigenvalue weighted by Gasteiger charge is -2.44. The van der Waals surface area contributed by atoms with Crippen LogP contribution in [0.2, 0.25) is 0 Å². The molecule has 1 unspecified atom stereocenters. The number of carbonyl (C=O) groups excluding carboxylic acids is 1. The van der Waals surface area contributed by atoms with Gasteiger partial charge >= 0.3 is 0 Å². The molecule has 1 saturated heterocycles. The maximum atomic E-state index is 12.9. The summed E-state index contributed by atoms with van der Waals surface area (Å²) in [5.41, 5.74) is 0.870. The number of amides is 1. The van der Waals surface area contributed by atoms with Crippen LogP contribution in [0.3, 0.4) is 0 Å². The molecule has 122 valence electrons. The van der Waals surface area contributed by atoms with E-state index >= 15 is 0 Å². The summed E-state index contributed by atoms with van der Waals surface area (Å²) in [7, 11) is -3.34. The molecule has 1 aromatic rings. The predicted octanol–water partition coefficient (Wildman–Crippen LogP) is 2.04. The fraction of sp³-hybridized carbons (Fsp3) is 0.562. The van der Waals surface area contributed by atoms with Crippen molar-refractivity contribution >= 4 is 15.7 Å². The summed E-state index contributed by atoms with van der Waals surface area (Å²) in [5.74, 6) is -0.129. The van der Waals surface area contributed by atoms with Gasteiger partial charge in [0.1, 0.15) is 0 Å². The lowest BCUT2D eigenvalue weighted by Crippen LogP contribution is -2.57. The highest BCUT2D eigenvalue weighted by atomic mass is 32.2. The van der Waals surface area contributed by atoms with Crippen LogP contribution in [0.25, 0.3) is 0 Å². The number of aryl methyl sites for hydroxylation is 1. The third-order valence-electron chi connectivity index (χ3n) is 4.40. The molecule has 0 radical (unpaired) electrons. The van der Waals surface area contributed by atoms with Gasteiger partial charge in [0.15, 0.2) is 9.84 Å². The van der Waals surface area contributed by atoms with E-state index < -0.39 is 9.84 Å². The number of benzene rings is 1. The molecule has 0 aliphatic carbocycles. The van der Waals surface area contributed by atoms with Gasteiger partial charge in [0.05, 0.1) is 23.6 Å². The molecule has 5 nitrogen and oxygen atoms in total. The molecule has 0 spiro atoms. The number of carbonyl (C=O) groups is 1. The Morgan fingerprint density at radius 2 is 2.09 bits per heavy atom. The Labute approximate surface area is 132 Å². The number of ether oxygens (including phenoxy) is 1. The van der Waals surface area contributed by atoms with E-state index in [1.807, 2.05) is 25.7 Å². The molecule has 0 bridgehead atoms.